The van der Waals surface area contributed by atoms with Crippen LogP contribution >= 0.6 is 15.9 Å². The van der Waals surface area contributed by atoms with E-state index in [0.29, 0.717) is 35.2 Å². The molecule has 3 rings (SSSR count). The first-order valence-corrected chi connectivity index (χ1v) is 14.1. The number of anilines is 1. The molecular formula is C21H25BrN4O3Si. The minimum Gasteiger partial charge on any atom is -0.437 e. The summed E-state index contributed by atoms with van der Waals surface area (Å²) in [5.41, 5.74) is 2.01. The van der Waals surface area contributed by atoms with Crippen molar-refractivity contribution in [2.75, 3.05) is 11.9 Å². The Morgan fingerprint density at radius 2 is 2.17 bits per heavy atom. The Balaban J connectivity index is 1.72. The SMILES string of the molecule is C=CC(=O)Nc1cccc(Oc2cnc3c(n2)c(Br)cn3COCC[Si](C)(C)C)c1. The number of benzene rings is 1. The third kappa shape index (κ3) is 6.01. The average molecular weight is 489 g/mol. The Morgan fingerprint density at radius 3 is 2.90 bits per heavy atom. The molecule has 0 unspecified atom stereocenters. The first kappa shape index (κ1) is 22.2. The van der Waals surface area contributed by atoms with Crippen molar-refractivity contribution in [1.82, 2.24) is 14.5 Å². The molecule has 2 aromatic heterocycles. The maximum Gasteiger partial charge on any atom is 0.247 e. The number of carbonyl (C=O) groups excluding carboxylic acids is 1. The van der Waals surface area contributed by atoms with Crippen molar-refractivity contribution in [3.8, 4) is 11.6 Å². The number of hydrogen-bond acceptors (Lipinski definition) is 5. The van der Waals surface area contributed by atoms with Crippen LogP contribution in [0.1, 0.15) is 0 Å². The molecule has 1 aromatic carbocycles. The highest BCUT2D eigenvalue weighted by Crippen LogP contribution is 2.28. The van der Waals surface area contributed by atoms with Gasteiger partial charge in [0, 0.05) is 32.6 Å². The Morgan fingerprint density at radius 1 is 1.37 bits per heavy atom. The molecule has 0 radical (unpaired) electrons. The highest BCUT2D eigenvalue weighted by molar-refractivity contribution is 9.10. The number of rotatable bonds is 9. The Hall–Kier alpha value is -2.49. The van der Waals surface area contributed by atoms with Crippen LogP contribution in [0, 0.1) is 0 Å². The highest BCUT2D eigenvalue weighted by atomic mass is 79.9. The van der Waals surface area contributed by atoms with Gasteiger partial charge < -0.3 is 19.4 Å². The summed E-state index contributed by atoms with van der Waals surface area (Å²) in [5, 5.41) is 2.70. The molecule has 3 aromatic rings. The average Bonchev–Trinajstić information content (AvgIpc) is 3.00. The summed E-state index contributed by atoms with van der Waals surface area (Å²) < 4.78 is 14.4. The lowest BCUT2D eigenvalue weighted by atomic mass is 10.3. The Kier molecular flexibility index (Phi) is 7.06. The normalized spacial score (nSPS) is 11.5. The highest BCUT2D eigenvalue weighted by Gasteiger charge is 2.14. The number of nitrogens with zero attached hydrogens (tertiary/aromatic N) is 3. The lowest BCUT2D eigenvalue weighted by Gasteiger charge is -2.15. The fourth-order valence-corrected chi connectivity index (χ4v) is 3.91. The first-order valence-electron chi connectivity index (χ1n) is 9.55. The van der Waals surface area contributed by atoms with Gasteiger partial charge in [0.05, 0.1) is 10.7 Å². The number of ether oxygens (including phenoxy) is 2. The van der Waals surface area contributed by atoms with Crippen molar-refractivity contribution in [1.29, 1.82) is 0 Å². The summed E-state index contributed by atoms with van der Waals surface area (Å²) in [6.07, 6.45) is 4.70. The summed E-state index contributed by atoms with van der Waals surface area (Å²) in [6, 6.07) is 8.15. The monoisotopic (exact) mass is 488 g/mol. The molecule has 1 amide bonds. The van der Waals surface area contributed by atoms with Crippen LogP contribution in [0.3, 0.4) is 0 Å². The van der Waals surface area contributed by atoms with Gasteiger partial charge in [-0.2, -0.15) is 0 Å². The van der Waals surface area contributed by atoms with Gasteiger partial charge in [0.15, 0.2) is 5.65 Å². The van der Waals surface area contributed by atoms with Crippen molar-refractivity contribution in [3.63, 3.8) is 0 Å². The van der Waals surface area contributed by atoms with Crippen LogP contribution in [0.4, 0.5) is 5.69 Å². The second-order valence-electron chi connectivity index (χ2n) is 8.00. The van der Waals surface area contributed by atoms with Gasteiger partial charge in [-0.15, -0.1) is 0 Å². The van der Waals surface area contributed by atoms with E-state index in [2.05, 4.69) is 57.4 Å². The number of fused-ring (bicyclic) bond motifs is 1. The van der Waals surface area contributed by atoms with Crippen LogP contribution in [-0.4, -0.2) is 35.1 Å². The number of hydrogen-bond donors (Lipinski definition) is 1. The minimum absolute atomic E-state index is 0.286. The predicted octanol–water partition coefficient (Wildman–Crippen LogP) is 5.42. The zero-order chi connectivity index (χ0) is 21.7. The van der Waals surface area contributed by atoms with Crippen LogP contribution < -0.4 is 10.1 Å². The molecule has 0 aliphatic heterocycles. The van der Waals surface area contributed by atoms with E-state index in [1.54, 1.807) is 30.5 Å². The summed E-state index contributed by atoms with van der Waals surface area (Å²) in [5.74, 6) is 0.606. The van der Waals surface area contributed by atoms with E-state index in [1.165, 1.54) is 6.08 Å². The molecular weight excluding hydrogens is 464 g/mol. The zero-order valence-corrected chi connectivity index (χ0v) is 19.9. The lowest BCUT2D eigenvalue weighted by Crippen LogP contribution is -2.22. The number of carbonyl (C=O) groups is 1. The molecule has 0 fully saturated rings. The Labute approximate surface area is 185 Å². The topological polar surface area (TPSA) is 78.3 Å². The van der Waals surface area contributed by atoms with Gasteiger partial charge in [0.25, 0.3) is 0 Å². The van der Waals surface area contributed by atoms with Crippen molar-refractivity contribution < 1.29 is 14.3 Å². The van der Waals surface area contributed by atoms with Gasteiger partial charge in [-0.05, 0) is 40.2 Å². The first-order chi connectivity index (χ1) is 14.2. The standard InChI is InChI=1S/C21H25BrN4O3Si/c1-5-18(27)24-15-7-6-8-16(11-15)29-19-12-23-21-20(25-19)17(22)13-26(21)14-28-9-10-30(2,3)4/h5-8,11-13H,1,9-10,14H2,2-4H3,(H,24,27). The van der Waals surface area contributed by atoms with Crippen molar-refractivity contribution in [2.45, 2.75) is 32.4 Å². The van der Waals surface area contributed by atoms with E-state index in [4.69, 9.17) is 9.47 Å². The molecule has 30 heavy (non-hydrogen) atoms. The van der Waals surface area contributed by atoms with Crippen LogP contribution in [0.2, 0.25) is 25.7 Å². The smallest absolute Gasteiger partial charge is 0.247 e. The summed E-state index contributed by atoms with van der Waals surface area (Å²) in [4.78, 5) is 20.5. The van der Waals surface area contributed by atoms with Gasteiger partial charge in [0.2, 0.25) is 11.8 Å². The van der Waals surface area contributed by atoms with E-state index in [-0.39, 0.29) is 5.91 Å². The van der Waals surface area contributed by atoms with Crippen LogP contribution in [0.25, 0.3) is 11.2 Å². The number of nitrogens with one attached hydrogen (secondary N) is 1. The molecule has 7 nitrogen and oxygen atoms in total. The second-order valence-corrected chi connectivity index (χ2v) is 14.5. The quantitative estimate of drug-likeness (QED) is 0.247. The van der Waals surface area contributed by atoms with Crippen LogP contribution in [-0.2, 0) is 16.3 Å². The van der Waals surface area contributed by atoms with Crippen molar-refractivity contribution in [3.05, 3.63) is 53.8 Å². The molecule has 158 valence electrons. The summed E-state index contributed by atoms with van der Waals surface area (Å²) in [7, 11) is -1.12. The maximum absolute atomic E-state index is 11.5. The van der Waals surface area contributed by atoms with E-state index in [0.717, 1.165) is 17.1 Å². The van der Waals surface area contributed by atoms with Gasteiger partial charge in [-0.25, -0.2) is 9.97 Å². The number of halogens is 1. The third-order valence-electron chi connectivity index (χ3n) is 4.23. The number of amides is 1. The fourth-order valence-electron chi connectivity index (χ4n) is 2.64. The van der Waals surface area contributed by atoms with Crippen molar-refractivity contribution in [2.24, 2.45) is 0 Å². The predicted molar refractivity (Wildman–Crippen MR) is 125 cm³/mol. The zero-order valence-electron chi connectivity index (χ0n) is 17.3. The van der Waals surface area contributed by atoms with Crippen LogP contribution in [0.5, 0.6) is 11.6 Å². The minimum atomic E-state index is -1.12. The number of aromatic nitrogens is 3. The molecule has 1 N–H and O–H groups in total. The molecule has 9 heteroatoms. The fraction of sp³-hybridized carbons (Fsp3) is 0.286. The van der Waals surface area contributed by atoms with E-state index in [9.17, 15) is 4.79 Å². The van der Waals surface area contributed by atoms with Crippen molar-refractivity contribution >= 4 is 46.8 Å². The molecule has 0 saturated heterocycles. The summed E-state index contributed by atoms with van der Waals surface area (Å²) >= 11 is 3.54. The maximum atomic E-state index is 11.5. The molecule has 0 atom stereocenters. The molecule has 0 saturated carbocycles. The third-order valence-corrected chi connectivity index (χ3v) is 6.52. The van der Waals surface area contributed by atoms with E-state index in [1.807, 2.05) is 10.8 Å². The molecule has 0 spiro atoms. The van der Waals surface area contributed by atoms with Crippen LogP contribution in [0.15, 0.2) is 53.8 Å². The molecule has 0 aliphatic rings. The van der Waals surface area contributed by atoms with E-state index < -0.39 is 8.07 Å². The molecule has 0 bridgehead atoms. The molecule has 2 heterocycles. The second kappa shape index (κ2) is 9.54. The Bertz CT molecular complexity index is 1060. The largest absolute Gasteiger partial charge is 0.437 e. The van der Waals surface area contributed by atoms with Gasteiger partial charge in [-0.3, -0.25) is 4.79 Å². The van der Waals surface area contributed by atoms with Gasteiger partial charge in [0.1, 0.15) is 18.0 Å². The van der Waals surface area contributed by atoms with Gasteiger partial charge in [-0.1, -0.05) is 32.3 Å². The lowest BCUT2D eigenvalue weighted by molar-refractivity contribution is -0.111. The molecule has 0 aliphatic carbocycles. The van der Waals surface area contributed by atoms with E-state index >= 15 is 0 Å². The van der Waals surface area contributed by atoms with Gasteiger partial charge >= 0.3 is 0 Å². The summed E-state index contributed by atoms with van der Waals surface area (Å²) in [6.45, 7) is 11.6.